The zero-order valence-corrected chi connectivity index (χ0v) is 12.3. The van der Waals surface area contributed by atoms with Gasteiger partial charge in [0.1, 0.15) is 6.26 Å². The van der Waals surface area contributed by atoms with Gasteiger partial charge in [0.05, 0.1) is 0 Å². The first-order chi connectivity index (χ1) is 9.70. The molecular weight excluding hydrogens is 322 g/mol. The van der Waals surface area contributed by atoms with Crippen molar-refractivity contribution in [2.24, 2.45) is 5.92 Å². The maximum absolute atomic E-state index is 11.9. The number of hydrogen-bond donors (Lipinski definition) is 1. The van der Waals surface area contributed by atoms with E-state index in [9.17, 15) is 4.79 Å². The topological polar surface area (TPSA) is 58.4 Å². The molecule has 1 aromatic carbocycles. The molecule has 0 saturated carbocycles. The number of hydrogen-bond acceptors (Lipinski definition) is 3. The van der Waals surface area contributed by atoms with Crippen molar-refractivity contribution in [3.8, 4) is 0 Å². The maximum Gasteiger partial charge on any atom is 0.323 e. The molecule has 0 bridgehead atoms. The molecule has 1 aliphatic rings. The summed E-state index contributed by atoms with van der Waals surface area (Å²) in [4.78, 5) is 13.6. The van der Waals surface area contributed by atoms with Crippen molar-refractivity contribution in [3.05, 3.63) is 46.6 Å². The van der Waals surface area contributed by atoms with Crippen LogP contribution in [0.3, 0.4) is 0 Å². The minimum atomic E-state index is -0.121. The fourth-order valence-electron chi connectivity index (χ4n) is 2.33. The fraction of sp³-hybridized carbons (Fsp3) is 0.286. The molecule has 1 aliphatic heterocycles. The fourth-order valence-corrected chi connectivity index (χ4v) is 2.77. The Kier molecular flexibility index (Phi) is 3.73. The second-order valence-corrected chi connectivity index (χ2v) is 5.84. The predicted octanol–water partition coefficient (Wildman–Crippen LogP) is 3.14. The molecule has 2 aromatic rings. The van der Waals surface area contributed by atoms with Gasteiger partial charge in [-0.3, -0.25) is 5.32 Å². The molecule has 0 atom stereocenters. The summed E-state index contributed by atoms with van der Waals surface area (Å²) in [6.45, 7) is 1.55. The Morgan fingerprint density at radius 2 is 2.30 bits per heavy atom. The monoisotopic (exact) mass is 335 g/mol. The largest absolute Gasteiger partial charge is 0.363 e. The van der Waals surface area contributed by atoms with Crippen LogP contribution in [0.1, 0.15) is 5.56 Å². The van der Waals surface area contributed by atoms with Gasteiger partial charge in [-0.15, -0.1) is 0 Å². The highest BCUT2D eigenvalue weighted by molar-refractivity contribution is 9.10. The Morgan fingerprint density at radius 3 is 3.00 bits per heavy atom. The van der Waals surface area contributed by atoms with Gasteiger partial charge in [-0.1, -0.05) is 33.2 Å². The maximum atomic E-state index is 11.9. The molecule has 2 amide bonds. The molecule has 104 valence electrons. The SMILES string of the molecule is O=C(Nc1ccon1)N1CC(Cc2cccc(Br)c2)C1. The Morgan fingerprint density at radius 1 is 1.45 bits per heavy atom. The highest BCUT2D eigenvalue weighted by Crippen LogP contribution is 2.22. The molecule has 20 heavy (non-hydrogen) atoms. The van der Waals surface area contributed by atoms with Crippen LogP contribution in [0.2, 0.25) is 0 Å². The molecule has 1 fully saturated rings. The van der Waals surface area contributed by atoms with Crippen LogP contribution in [-0.4, -0.2) is 29.2 Å². The minimum absolute atomic E-state index is 0.121. The first kappa shape index (κ1) is 13.2. The number of nitrogens with zero attached hydrogens (tertiary/aromatic N) is 2. The van der Waals surface area contributed by atoms with Crippen molar-refractivity contribution in [2.45, 2.75) is 6.42 Å². The molecule has 1 saturated heterocycles. The third kappa shape index (κ3) is 3.01. The van der Waals surface area contributed by atoms with Gasteiger partial charge in [0, 0.05) is 23.6 Å². The van der Waals surface area contributed by atoms with E-state index >= 15 is 0 Å². The number of carbonyl (C=O) groups excluding carboxylic acids is 1. The van der Waals surface area contributed by atoms with Crippen LogP contribution in [-0.2, 0) is 6.42 Å². The molecule has 1 N–H and O–H groups in total. The van der Waals surface area contributed by atoms with Gasteiger partial charge in [0.2, 0.25) is 0 Å². The first-order valence-electron chi connectivity index (χ1n) is 6.41. The average molecular weight is 336 g/mol. The Labute approximate surface area is 125 Å². The third-order valence-corrected chi connectivity index (χ3v) is 3.82. The first-order valence-corrected chi connectivity index (χ1v) is 7.21. The van der Waals surface area contributed by atoms with Gasteiger partial charge in [-0.25, -0.2) is 4.79 Å². The zero-order chi connectivity index (χ0) is 13.9. The number of urea groups is 1. The van der Waals surface area contributed by atoms with Crippen LogP contribution >= 0.6 is 15.9 Å². The van der Waals surface area contributed by atoms with Crippen LogP contribution in [0.5, 0.6) is 0 Å². The number of aromatic nitrogens is 1. The summed E-state index contributed by atoms with van der Waals surface area (Å²) in [6.07, 6.45) is 2.43. The van der Waals surface area contributed by atoms with Crippen molar-refractivity contribution < 1.29 is 9.32 Å². The third-order valence-electron chi connectivity index (χ3n) is 3.33. The number of benzene rings is 1. The Balaban J connectivity index is 1.48. The van der Waals surface area contributed by atoms with E-state index < -0.39 is 0 Å². The summed E-state index contributed by atoms with van der Waals surface area (Å²) >= 11 is 3.47. The van der Waals surface area contributed by atoms with E-state index in [0.717, 1.165) is 24.0 Å². The molecule has 2 heterocycles. The zero-order valence-electron chi connectivity index (χ0n) is 10.8. The number of halogens is 1. The molecule has 1 aromatic heterocycles. The van der Waals surface area contributed by atoms with Crippen LogP contribution < -0.4 is 5.32 Å². The van der Waals surface area contributed by atoms with Crippen molar-refractivity contribution in [1.82, 2.24) is 10.1 Å². The van der Waals surface area contributed by atoms with Crippen molar-refractivity contribution in [1.29, 1.82) is 0 Å². The highest BCUT2D eigenvalue weighted by Gasteiger charge is 2.30. The van der Waals surface area contributed by atoms with Gasteiger partial charge in [-0.2, -0.15) is 0 Å². The quantitative estimate of drug-likeness (QED) is 0.937. The van der Waals surface area contributed by atoms with E-state index in [1.54, 1.807) is 11.0 Å². The van der Waals surface area contributed by atoms with Crippen molar-refractivity contribution in [3.63, 3.8) is 0 Å². The van der Waals surface area contributed by atoms with E-state index in [-0.39, 0.29) is 6.03 Å². The number of carbonyl (C=O) groups is 1. The summed E-state index contributed by atoms with van der Waals surface area (Å²) < 4.78 is 5.76. The van der Waals surface area contributed by atoms with E-state index in [0.29, 0.717) is 11.7 Å². The van der Waals surface area contributed by atoms with E-state index in [1.807, 2.05) is 12.1 Å². The second kappa shape index (κ2) is 5.66. The Bertz CT molecular complexity index is 594. The van der Waals surface area contributed by atoms with Gasteiger partial charge in [0.25, 0.3) is 0 Å². The summed E-state index contributed by atoms with van der Waals surface area (Å²) in [6, 6.07) is 9.79. The van der Waals surface area contributed by atoms with Crippen LogP contribution in [0.25, 0.3) is 0 Å². The molecule has 0 spiro atoms. The predicted molar refractivity (Wildman–Crippen MR) is 78.4 cm³/mol. The summed E-state index contributed by atoms with van der Waals surface area (Å²) in [5, 5.41) is 6.35. The van der Waals surface area contributed by atoms with Crippen LogP contribution in [0.15, 0.2) is 45.6 Å². The molecule has 0 aliphatic carbocycles. The van der Waals surface area contributed by atoms with Gasteiger partial charge in [-0.05, 0) is 30.0 Å². The number of nitrogens with one attached hydrogen (secondary N) is 1. The summed E-state index contributed by atoms with van der Waals surface area (Å²) in [5.41, 5.74) is 1.29. The lowest BCUT2D eigenvalue weighted by Gasteiger charge is -2.39. The molecule has 6 heteroatoms. The molecule has 3 rings (SSSR count). The van der Waals surface area contributed by atoms with E-state index in [1.165, 1.54) is 11.8 Å². The van der Waals surface area contributed by atoms with Gasteiger partial charge >= 0.3 is 6.03 Å². The smallest absolute Gasteiger partial charge is 0.323 e. The number of rotatable bonds is 3. The van der Waals surface area contributed by atoms with Crippen molar-refractivity contribution in [2.75, 3.05) is 18.4 Å². The lowest BCUT2D eigenvalue weighted by atomic mass is 9.92. The van der Waals surface area contributed by atoms with E-state index in [2.05, 4.69) is 43.1 Å². The minimum Gasteiger partial charge on any atom is -0.363 e. The van der Waals surface area contributed by atoms with Crippen molar-refractivity contribution >= 4 is 27.8 Å². The molecule has 5 nitrogen and oxygen atoms in total. The summed E-state index contributed by atoms with van der Waals surface area (Å²) in [5.74, 6) is 0.970. The number of likely N-dealkylation sites (tertiary alicyclic amines) is 1. The lowest BCUT2D eigenvalue weighted by molar-refractivity contribution is 0.131. The Hall–Kier alpha value is -1.82. The molecule has 0 unspecified atom stereocenters. The molecular formula is C14H14BrN3O2. The number of amides is 2. The van der Waals surface area contributed by atoms with Gasteiger partial charge < -0.3 is 9.42 Å². The van der Waals surface area contributed by atoms with Crippen LogP contribution in [0, 0.1) is 5.92 Å². The van der Waals surface area contributed by atoms with Crippen LogP contribution in [0.4, 0.5) is 10.6 Å². The average Bonchev–Trinajstić information content (AvgIpc) is 2.86. The standard InChI is InChI=1S/C14H14BrN3O2/c15-12-3-1-2-10(7-12)6-11-8-18(9-11)14(19)16-13-4-5-20-17-13/h1-5,7,11H,6,8-9H2,(H,16,17,19). The second-order valence-electron chi connectivity index (χ2n) is 4.92. The van der Waals surface area contributed by atoms with E-state index in [4.69, 9.17) is 0 Å². The number of anilines is 1. The lowest BCUT2D eigenvalue weighted by Crippen LogP contribution is -2.52. The highest BCUT2D eigenvalue weighted by atomic mass is 79.9. The summed E-state index contributed by atoms with van der Waals surface area (Å²) in [7, 11) is 0. The normalized spacial score (nSPS) is 14.9. The van der Waals surface area contributed by atoms with Gasteiger partial charge in [0.15, 0.2) is 5.82 Å². The molecule has 0 radical (unpaired) electrons.